The van der Waals surface area contributed by atoms with Crippen LogP contribution >= 0.6 is 0 Å². The third-order valence-electron chi connectivity index (χ3n) is 2.25. The number of nitrogens with zero attached hydrogens (tertiary/aromatic N) is 1. The minimum Gasteiger partial charge on any atom is -0.394 e. The number of nitrogens with one attached hydrogen (secondary N) is 1. The van der Waals surface area contributed by atoms with E-state index in [9.17, 15) is 4.79 Å². The Balaban J connectivity index is 2.56. The van der Waals surface area contributed by atoms with Crippen molar-refractivity contribution in [2.45, 2.75) is 26.3 Å². The number of rotatable bonds is 5. The molecule has 4 heteroatoms. The van der Waals surface area contributed by atoms with E-state index in [2.05, 4.69) is 24.1 Å². The molecule has 1 amide bonds. The van der Waals surface area contributed by atoms with Gasteiger partial charge in [-0.2, -0.15) is 0 Å². The molecular formula is C12H18N2O2. The molecular weight excluding hydrogens is 204 g/mol. The highest BCUT2D eigenvalue weighted by Crippen LogP contribution is 2.05. The predicted molar refractivity (Wildman–Crippen MR) is 62.0 cm³/mol. The summed E-state index contributed by atoms with van der Waals surface area (Å²) in [6.45, 7) is 4.08. The molecule has 0 saturated carbocycles. The molecule has 0 aliphatic carbocycles. The molecule has 2 N–H and O–H groups in total. The molecule has 0 radical (unpaired) electrons. The zero-order valence-corrected chi connectivity index (χ0v) is 9.68. The van der Waals surface area contributed by atoms with Gasteiger partial charge in [-0.25, -0.2) is 0 Å². The molecule has 0 bridgehead atoms. The van der Waals surface area contributed by atoms with E-state index >= 15 is 0 Å². The molecule has 0 aromatic carbocycles. The molecule has 1 atom stereocenters. The van der Waals surface area contributed by atoms with Gasteiger partial charge in [-0.15, -0.1) is 0 Å². The van der Waals surface area contributed by atoms with Crippen LogP contribution < -0.4 is 5.32 Å². The summed E-state index contributed by atoms with van der Waals surface area (Å²) in [6, 6.07) is 3.12. The van der Waals surface area contributed by atoms with Crippen molar-refractivity contribution in [1.82, 2.24) is 10.3 Å². The van der Waals surface area contributed by atoms with Crippen molar-refractivity contribution in [3.63, 3.8) is 0 Å². The Bertz CT molecular complexity index is 325. The third-order valence-corrected chi connectivity index (χ3v) is 2.25. The van der Waals surface area contributed by atoms with E-state index < -0.39 is 0 Å². The van der Waals surface area contributed by atoms with E-state index in [4.69, 9.17) is 5.11 Å². The van der Waals surface area contributed by atoms with Crippen LogP contribution in [0.4, 0.5) is 0 Å². The predicted octanol–water partition coefficient (Wildman–Crippen LogP) is 1.22. The molecule has 88 valence electrons. The van der Waals surface area contributed by atoms with Crippen LogP contribution in [-0.4, -0.2) is 28.6 Å². The highest BCUT2D eigenvalue weighted by Gasteiger charge is 2.13. The minimum atomic E-state index is -0.180. The zero-order valence-electron chi connectivity index (χ0n) is 9.68. The Labute approximate surface area is 95.7 Å². The second-order valence-corrected chi connectivity index (χ2v) is 4.22. The molecule has 0 fully saturated rings. The molecule has 1 rings (SSSR count). The van der Waals surface area contributed by atoms with Gasteiger partial charge in [-0.05, 0) is 24.5 Å². The quantitative estimate of drug-likeness (QED) is 0.787. The Kier molecular flexibility index (Phi) is 4.92. The molecule has 1 aromatic rings. The lowest BCUT2D eigenvalue weighted by atomic mass is 10.0. The van der Waals surface area contributed by atoms with Crippen LogP contribution in [0.1, 0.15) is 30.6 Å². The van der Waals surface area contributed by atoms with Crippen LogP contribution in [0.15, 0.2) is 24.5 Å². The van der Waals surface area contributed by atoms with Gasteiger partial charge in [0.15, 0.2) is 0 Å². The molecule has 0 aliphatic heterocycles. The number of carbonyl (C=O) groups is 1. The highest BCUT2D eigenvalue weighted by molar-refractivity contribution is 5.94. The topological polar surface area (TPSA) is 62.2 Å². The van der Waals surface area contributed by atoms with Gasteiger partial charge in [0, 0.05) is 18.0 Å². The van der Waals surface area contributed by atoms with E-state index in [1.54, 1.807) is 24.5 Å². The number of carbonyl (C=O) groups excluding carboxylic acids is 1. The number of amides is 1. The number of pyridine rings is 1. The summed E-state index contributed by atoms with van der Waals surface area (Å²) in [5.74, 6) is 0.275. The summed E-state index contributed by atoms with van der Waals surface area (Å²) in [7, 11) is 0. The van der Waals surface area contributed by atoms with E-state index in [1.165, 1.54) is 0 Å². The Morgan fingerprint density at radius 3 is 2.56 bits per heavy atom. The lowest BCUT2D eigenvalue weighted by Crippen LogP contribution is -2.38. The van der Waals surface area contributed by atoms with Gasteiger partial charge in [0.1, 0.15) is 0 Å². The van der Waals surface area contributed by atoms with Gasteiger partial charge < -0.3 is 10.4 Å². The van der Waals surface area contributed by atoms with E-state index in [1.807, 2.05) is 0 Å². The van der Waals surface area contributed by atoms with Gasteiger partial charge in [0.25, 0.3) is 5.91 Å². The second kappa shape index (κ2) is 6.23. The number of aliphatic hydroxyl groups is 1. The maximum absolute atomic E-state index is 11.7. The van der Waals surface area contributed by atoms with Crippen molar-refractivity contribution < 1.29 is 9.90 Å². The molecule has 1 unspecified atom stereocenters. The molecule has 0 spiro atoms. The molecule has 1 aromatic heterocycles. The first kappa shape index (κ1) is 12.6. The van der Waals surface area contributed by atoms with Crippen LogP contribution in [0, 0.1) is 5.92 Å². The SMILES string of the molecule is CC(C)CC(CO)NC(=O)c1ccncc1. The fourth-order valence-corrected chi connectivity index (χ4v) is 1.52. The van der Waals surface area contributed by atoms with Gasteiger partial charge in [-0.1, -0.05) is 13.8 Å². The van der Waals surface area contributed by atoms with Crippen LogP contribution in [0.5, 0.6) is 0 Å². The lowest BCUT2D eigenvalue weighted by Gasteiger charge is -2.18. The zero-order chi connectivity index (χ0) is 12.0. The van der Waals surface area contributed by atoms with Crippen LogP contribution in [-0.2, 0) is 0 Å². The smallest absolute Gasteiger partial charge is 0.251 e. The summed E-state index contributed by atoms with van der Waals surface area (Å²) in [4.78, 5) is 15.6. The first-order valence-electron chi connectivity index (χ1n) is 5.45. The maximum Gasteiger partial charge on any atom is 0.251 e. The fourth-order valence-electron chi connectivity index (χ4n) is 1.52. The van der Waals surface area contributed by atoms with Crippen LogP contribution in [0.2, 0.25) is 0 Å². The average Bonchev–Trinajstić information content (AvgIpc) is 2.28. The number of aliphatic hydroxyl groups excluding tert-OH is 1. The first-order valence-corrected chi connectivity index (χ1v) is 5.45. The summed E-state index contributed by atoms with van der Waals surface area (Å²) in [5, 5.41) is 11.9. The number of hydrogen-bond acceptors (Lipinski definition) is 3. The van der Waals surface area contributed by atoms with Crippen LogP contribution in [0.25, 0.3) is 0 Å². The van der Waals surface area contributed by atoms with Gasteiger partial charge in [0.05, 0.1) is 12.6 Å². The molecule has 1 heterocycles. The first-order chi connectivity index (χ1) is 7.63. The summed E-state index contributed by atoms with van der Waals surface area (Å²) in [6.07, 6.45) is 3.92. The van der Waals surface area contributed by atoms with Crippen LogP contribution in [0.3, 0.4) is 0 Å². The average molecular weight is 222 g/mol. The summed E-state index contributed by atoms with van der Waals surface area (Å²) >= 11 is 0. The van der Waals surface area contributed by atoms with E-state index in [-0.39, 0.29) is 18.6 Å². The van der Waals surface area contributed by atoms with Gasteiger partial charge in [-0.3, -0.25) is 9.78 Å². The number of hydrogen-bond donors (Lipinski definition) is 2. The van der Waals surface area contributed by atoms with E-state index in [0.717, 1.165) is 6.42 Å². The molecule has 0 aliphatic rings. The Morgan fingerprint density at radius 2 is 2.06 bits per heavy atom. The molecule has 4 nitrogen and oxygen atoms in total. The van der Waals surface area contributed by atoms with E-state index in [0.29, 0.717) is 11.5 Å². The number of aromatic nitrogens is 1. The lowest BCUT2D eigenvalue weighted by molar-refractivity contribution is 0.0908. The van der Waals surface area contributed by atoms with Gasteiger partial charge in [0.2, 0.25) is 0 Å². The van der Waals surface area contributed by atoms with Crippen molar-refractivity contribution in [3.8, 4) is 0 Å². The standard InChI is InChI=1S/C12H18N2O2/c1-9(2)7-11(8-15)14-12(16)10-3-5-13-6-4-10/h3-6,9,11,15H,7-8H2,1-2H3,(H,14,16). The maximum atomic E-state index is 11.7. The molecule has 16 heavy (non-hydrogen) atoms. The summed E-state index contributed by atoms with van der Waals surface area (Å²) in [5.41, 5.74) is 0.567. The summed E-state index contributed by atoms with van der Waals surface area (Å²) < 4.78 is 0. The van der Waals surface area contributed by atoms with Crippen molar-refractivity contribution in [2.75, 3.05) is 6.61 Å². The van der Waals surface area contributed by atoms with Crippen molar-refractivity contribution >= 4 is 5.91 Å². The third kappa shape index (κ3) is 3.98. The minimum absolute atomic E-state index is 0.0327. The highest BCUT2D eigenvalue weighted by atomic mass is 16.3. The Hall–Kier alpha value is -1.42. The largest absolute Gasteiger partial charge is 0.394 e. The van der Waals surface area contributed by atoms with Crippen molar-refractivity contribution in [2.24, 2.45) is 5.92 Å². The molecule has 0 saturated heterocycles. The monoisotopic (exact) mass is 222 g/mol. The fraction of sp³-hybridized carbons (Fsp3) is 0.500. The Morgan fingerprint density at radius 1 is 1.44 bits per heavy atom. The normalized spacial score (nSPS) is 12.5. The second-order valence-electron chi connectivity index (χ2n) is 4.22. The van der Waals surface area contributed by atoms with Crippen molar-refractivity contribution in [3.05, 3.63) is 30.1 Å². The van der Waals surface area contributed by atoms with Gasteiger partial charge >= 0.3 is 0 Å². The van der Waals surface area contributed by atoms with Crippen molar-refractivity contribution in [1.29, 1.82) is 0 Å².